The molecule has 0 fully saturated rings. The van der Waals surface area contributed by atoms with Crippen LogP contribution in [0, 0.1) is 12.7 Å². The lowest BCUT2D eigenvalue weighted by Crippen LogP contribution is -2.31. The molecule has 1 unspecified atom stereocenters. The summed E-state index contributed by atoms with van der Waals surface area (Å²) in [5.74, 6) is -1.84. The highest BCUT2D eigenvalue weighted by atomic mass is 19.1. The summed E-state index contributed by atoms with van der Waals surface area (Å²) >= 11 is 0. The van der Waals surface area contributed by atoms with Gasteiger partial charge in [-0.15, -0.1) is 0 Å². The number of pyridine rings is 1. The number of aromatic nitrogens is 1. The summed E-state index contributed by atoms with van der Waals surface area (Å²) in [5, 5.41) is 0. The van der Waals surface area contributed by atoms with Gasteiger partial charge in [-0.2, -0.15) is 0 Å². The van der Waals surface area contributed by atoms with E-state index in [-0.39, 0.29) is 22.8 Å². The van der Waals surface area contributed by atoms with E-state index in [1.54, 1.807) is 13.0 Å². The van der Waals surface area contributed by atoms with Gasteiger partial charge < -0.3 is 20.2 Å². The number of carbonyl (C=O) groups excluding carboxylic acids is 1. The van der Waals surface area contributed by atoms with Crippen molar-refractivity contribution >= 4 is 5.97 Å². The van der Waals surface area contributed by atoms with Crippen LogP contribution in [-0.2, 0) is 9.53 Å². The number of aromatic amines is 1. The zero-order valence-electron chi connectivity index (χ0n) is 13.1. The molecule has 24 heavy (non-hydrogen) atoms. The van der Waals surface area contributed by atoms with E-state index in [0.29, 0.717) is 11.3 Å². The van der Waals surface area contributed by atoms with E-state index in [2.05, 4.69) is 4.98 Å². The van der Waals surface area contributed by atoms with E-state index in [1.807, 2.05) is 0 Å². The lowest BCUT2D eigenvalue weighted by Gasteiger charge is -2.27. The molecular weight excluding hydrogens is 315 g/mol. The first-order chi connectivity index (χ1) is 11.4. The maximum absolute atomic E-state index is 13.3. The van der Waals surface area contributed by atoms with Gasteiger partial charge in [0.25, 0.3) is 5.56 Å². The van der Waals surface area contributed by atoms with Gasteiger partial charge in [0.15, 0.2) is 0 Å². The fourth-order valence-corrected chi connectivity index (χ4v) is 2.80. The van der Waals surface area contributed by atoms with Crippen LogP contribution in [0.2, 0.25) is 0 Å². The van der Waals surface area contributed by atoms with Gasteiger partial charge in [-0.3, -0.25) is 4.79 Å². The second kappa shape index (κ2) is 5.84. The minimum atomic E-state index is -0.814. The molecule has 0 saturated carbocycles. The molecule has 2 aromatic rings. The Balaban J connectivity index is 2.29. The maximum Gasteiger partial charge on any atom is 0.340 e. The first kappa shape index (κ1) is 15.8. The number of H-pyrrole nitrogens is 1. The van der Waals surface area contributed by atoms with Gasteiger partial charge in [0.1, 0.15) is 17.1 Å². The smallest absolute Gasteiger partial charge is 0.340 e. The number of aryl methyl sites for hydroxylation is 1. The van der Waals surface area contributed by atoms with Crippen molar-refractivity contribution in [1.29, 1.82) is 0 Å². The number of carbonyl (C=O) groups is 1. The lowest BCUT2D eigenvalue weighted by molar-refractivity contribution is -0.136. The minimum Gasteiger partial charge on any atom is -0.465 e. The molecule has 6 nitrogen and oxygen atoms in total. The molecule has 3 N–H and O–H groups in total. The molecule has 124 valence electrons. The van der Waals surface area contributed by atoms with Crippen molar-refractivity contribution in [2.24, 2.45) is 5.73 Å². The molecule has 1 aromatic heterocycles. The Bertz CT molecular complexity index is 900. The van der Waals surface area contributed by atoms with Crippen LogP contribution in [0.3, 0.4) is 0 Å². The summed E-state index contributed by atoms with van der Waals surface area (Å²) in [6.07, 6.45) is 0. The van der Waals surface area contributed by atoms with Crippen LogP contribution >= 0.6 is 0 Å². The Morgan fingerprint density at radius 1 is 1.33 bits per heavy atom. The Morgan fingerprint density at radius 2 is 2.00 bits per heavy atom. The van der Waals surface area contributed by atoms with Crippen molar-refractivity contribution < 1.29 is 18.7 Å². The second-order valence-electron chi connectivity index (χ2n) is 5.42. The van der Waals surface area contributed by atoms with Crippen LogP contribution in [0.25, 0.3) is 0 Å². The van der Waals surface area contributed by atoms with Crippen LogP contribution < -0.4 is 16.0 Å². The second-order valence-corrected chi connectivity index (χ2v) is 5.42. The number of methoxy groups -OCH3 is 1. The third kappa shape index (κ3) is 2.54. The van der Waals surface area contributed by atoms with Gasteiger partial charge in [-0.05, 0) is 24.6 Å². The molecule has 0 spiro atoms. The standard InChI is InChI=1S/C17H15FN2O4/c1-8-7-11-13(16(21)20-8)12(9-3-5-10(18)6-4-9)14(15(19)24-11)17(22)23-2/h3-7,12H,19H2,1-2H3,(H,20,21). The van der Waals surface area contributed by atoms with E-state index in [0.717, 1.165) is 0 Å². The minimum absolute atomic E-state index is 0.00552. The number of nitrogens with two attached hydrogens (primary N) is 1. The van der Waals surface area contributed by atoms with E-state index in [4.69, 9.17) is 15.2 Å². The predicted molar refractivity (Wildman–Crippen MR) is 83.9 cm³/mol. The quantitative estimate of drug-likeness (QED) is 0.817. The average molecular weight is 330 g/mol. The normalized spacial score (nSPS) is 16.4. The number of esters is 1. The molecule has 0 aliphatic carbocycles. The van der Waals surface area contributed by atoms with E-state index in [1.165, 1.54) is 31.4 Å². The summed E-state index contributed by atoms with van der Waals surface area (Å²) in [7, 11) is 1.21. The van der Waals surface area contributed by atoms with Crippen molar-refractivity contribution in [3.8, 4) is 5.75 Å². The van der Waals surface area contributed by atoms with Gasteiger partial charge in [0, 0.05) is 11.8 Å². The van der Waals surface area contributed by atoms with Crippen LogP contribution in [0.1, 0.15) is 22.7 Å². The molecule has 7 heteroatoms. The lowest BCUT2D eigenvalue weighted by atomic mass is 9.83. The van der Waals surface area contributed by atoms with E-state index >= 15 is 0 Å². The summed E-state index contributed by atoms with van der Waals surface area (Å²) in [6.45, 7) is 1.70. The van der Waals surface area contributed by atoms with Crippen molar-refractivity contribution in [2.45, 2.75) is 12.8 Å². The molecule has 0 radical (unpaired) electrons. The van der Waals surface area contributed by atoms with Gasteiger partial charge in [-0.1, -0.05) is 12.1 Å². The molecule has 1 aliphatic rings. The molecule has 0 amide bonds. The highest BCUT2D eigenvalue weighted by Crippen LogP contribution is 2.40. The van der Waals surface area contributed by atoms with Gasteiger partial charge in [0.2, 0.25) is 5.88 Å². The molecule has 1 atom stereocenters. The van der Waals surface area contributed by atoms with Crippen LogP contribution in [0.15, 0.2) is 46.6 Å². The van der Waals surface area contributed by atoms with Gasteiger partial charge in [0.05, 0.1) is 18.6 Å². The number of fused-ring (bicyclic) bond motifs is 1. The molecular formula is C17H15FN2O4. The Kier molecular flexibility index (Phi) is 3.84. The summed E-state index contributed by atoms with van der Waals surface area (Å²) in [6, 6.07) is 7.10. The van der Waals surface area contributed by atoms with Crippen molar-refractivity contribution in [2.75, 3.05) is 7.11 Å². The number of rotatable bonds is 2. The fourth-order valence-electron chi connectivity index (χ4n) is 2.80. The van der Waals surface area contributed by atoms with E-state index < -0.39 is 23.3 Å². The molecule has 1 aromatic carbocycles. The average Bonchev–Trinajstić information content (AvgIpc) is 2.53. The van der Waals surface area contributed by atoms with Gasteiger partial charge in [-0.25, -0.2) is 9.18 Å². The molecule has 2 heterocycles. The predicted octanol–water partition coefficient (Wildman–Crippen LogP) is 1.69. The topological polar surface area (TPSA) is 94.4 Å². The Labute approximate surface area is 136 Å². The van der Waals surface area contributed by atoms with Crippen molar-refractivity contribution in [1.82, 2.24) is 4.98 Å². The number of hydrogen-bond acceptors (Lipinski definition) is 5. The van der Waals surface area contributed by atoms with Crippen LogP contribution in [0.4, 0.5) is 4.39 Å². The van der Waals surface area contributed by atoms with Crippen LogP contribution in [-0.4, -0.2) is 18.1 Å². The molecule has 0 bridgehead atoms. The molecule has 3 rings (SSSR count). The Hall–Kier alpha value is -3.09. The summed E-state index contributed by atoms with van der Waals surface area (Å²) in [4.78, 5) is 27.3. The summed E-state index contributed by atoms with van der Waals surface area (Å²) < 4.78 is 23.5. The zero-order valence-corrected chi connectivity index (χ0v) is 13.1. The SMILES string of the molecule is COC(=O)C1=C(N)Oc2cc(C)[nH]c(=O)c2C1c1ccc(F)cc1. The monoisotopic (exact) mass is 330 g/mol. The zero-order chi connectivity index (χ0) is 17.4. The third-order valence-electron chi connectivity index (χ3n) is 3.84. The van der Waals surface area contributed by atoms with Gasteiger partial charge >= 0.3 is 5.97 Å². The Morgan fingerprint density at radius 3 is 2.62 bits per heavy atom. The number of hydrogen-bond donors (Lipinski definition) is 2. The van der Waals surface area contributed by atoms with Crippen molar-refractivity contribution in [3.05, 3.63) is 74.8 Å². The number of halogens is 1. The first-order valence-electron chi connectivity index (χ1n) is 7.17. The van der Waals surface area contributed by atoms with E-state index in [9.17, 15) is 14.0 Å². The molecule has 0 saturated heterocycles. The first-order valence-corrected chi connectivity index (χ1v) is 7.17. The number of nitrogens with one attached hydrogen (secondary N) is 1. The number of benzene rings is 1. The highest BCUT2D eigenvalue weighted by molar-refractivity contribution is 5.92. The van der Waals surface area contributed by atoms with Crippen molar-refractivity contribution in [3.63, 3.8) is 0 Å². The fraction of sp³-hybridized carbons (Fsp3) is 0.176. The number of ether oxygens (including phenoxy) is 2. The highest BCUT2D eigenvalue weighted by Gasteiger charge is 2.37. The van der Waals surface area contributed by atoms with Crippen LogP contribution in [0.5, 0.6) is 5.75 Å². The largest absolute Gasteiger partial charge is 0.465 e. The third-order valence-corrected chi connectivity index (χ3v) is 3.84. The summed E-state index contributed by atoms with van der Waals surface area (Å²) in [5.41, 5.74) is 6.83. The molecule has 1 aliphatic heterocycles. The maximum atomic E-state index is 13.3.